The van der Waals surface area contributed by atoms with Gasteiger partial charge < -0.3 is 25.3 Å². The van der Waals surface area contributed by atoms with Crippen LogP contribution in [0.4, 0.5) is 33.7 Å². The van der Waals surface area contributed by atoms with E-state index in [2.05, 4.69) is 25.9 Å². The number of benzene rings is 2. The molecule has 3 amide bonds. The first-order chi connectivity index (χ1) is 18.6. The monoisotopic (exact) mass is 544 g/mol. The van der Waals surface area contributed by atoms with Crippen LogP contribution in [0, 0.1) is 5.82 Å². The summed E-state index contributed by atoms with van der Waals surface area (Å²) < 4.78 is 61.3. The number of ether oxygens (including phenoxy) is 1. The number of nitrogens with zero attached hydrogens (tertiary/aromatic N) is 3. The second kappa shape index (κ2) is 12.5. The first-order valence-electron chi connectivity index (χ1n) is 11.6. The molecule has 0 saturated heterocycles. The van der Waals surface area contributed by atoms with Gasteiger partial charge in [0, 0.05) is 37.8 Å². The van der Waals surface area contributed by atoms with Gasteiger partial charge in [-0.1, -0.05) is 13.8 Å². The van der Waals surface area contributed by atoms with Crippen molar-refractivity contribution in [3.63, 3.8) is 0 Å². The predicted octanol–water partition coefficient (Wildman–Crippen LogP) is 6.25. The first kappa shape index (κ1) is 28.6. The van der Waals surface area contributed by atoms with Gasteiger partial charge in [0.25, 0.3) is 5.91 Å². The van der Waals surface area contributed by atoms with E-state index in [1.807, 2.05) is 13.8 Å². The summed E-state index contributed by atoms with van der Waals surface area (Å²) in [4.78, 5) is 32.0. The van der Waals surface area contributed by atoms with Crippen LogP contribution in [-0.4, -0.2) is 33.5 Å². The van der Waals surface area contributed by atoms with E-state index < -0.39 is 29.5 Å². The largest absolute Gasteiger partial charge is 0.457 e. The van der Waals surface area contributed by atoms with Crippen molar-refractivity contribution >= 4 is 23.3 Å². The molecule has 9 nitrogen and oxygen atoms in total. The van der Waals surface area contributed by atoms with Crippen molar-refractivity contribution in [2.75, 3.05) is 17.7 Å². The number of pyridine rings is 1. The van der Waals surface area contributed by atoms with Crippen LogP contribution < -0.4 is 20.7 Å². The van der Waals surface area contributed by atoms with Gasteiger partial charge in [-0.15, -0.1) is 0 Å². The summed E-state index contributed by atoms with van der Waals surface area (Å²) in [6.07, 6.45) is 0.974. The Balaban J connectivity index is 0.00000205. The number of urea groups is 1. The van der Waals surface area contributed by atoms with E-state index in [1.165, 1.54) is 66.9 Å². The number of alkyl halides is 3. The minimum atomic E-state index is -4.64. The lowest BCUT2D eigenvalue weighted by Gasteiger charge is -2.16. The molecular weight excluding hydrogens is 520 g/mol. The van der Waals surface area contributed by atoms with Gasteiger partial charge in [0.1, 0.15) is 23.0 Å². The van der Waals surface area contributed by atoms with Gasteiger partial charge >= 0.3 is 12.2 Å². The molecule has 0 aliphatic rings. The van der Waals surface area contributed by atoms with Crippen LogP contribution in [0.3, 0.4) is 0 Å². The number of carbonyl (C=O) groups is 2. The quantitative estimate of drug-likeness (QED) is 0.249. The molecular formula is C26H24F4N6O3. The van der Waals surface area contributed by atoms with E-state index in [4.69, 9.17) is 4.74 Å². The van der Waals surface area contributed by atoms with Crippen LogP contribution in [0.2, 0.25) is 0 Å². The van der Waals surface area contributed by atoms with E-state index in [0.29, 0.717) is 0 Å². The molecule has 2 aromatic heterocycles. The SMILES string of the molecule is CC.CNC(=O)c1cc(Oc2ccc(NC(=O)Nc3cc(C(F)(F)F)ccc3-n3ccnc3)c(F)c2)ccn1. The Morgan fingerprint density at radius 2 is 1.64 bits per heavy atom. The zero-order valence-corrected chi connectivity index (χ0v) is 21.0. The van der Waals surface area contributed by atoms with Gasteiger partial charge in [0.2, 0.25) is 0 Å². The molecule has 4 rings (SSSR count). The van der Waals surface area contributed by atoms with Crippen LogP contribution >= 0.6 is 0 Å². The number of rotatable bonds is 6. The summed E-state index contributed by atoms with van der Waals surface area (Å²) in [5.41, 5.74) is -1.08. The van der Waals surface area contributed by atoms with Crippen molar-refractivity contribution in [1.82, 2.24) is 19.9 Å². The van der Waals surface area contributed by atoms with Crippen molar-refractivity contribution < 1.29 is 31.9 Å². The topological polar surface area (TPSA) is 110 Å². The fourth-order valence-corrected chi connectivity index (χ4v) is 3.24. The number of nitrogens with one attached hydrogen (secondary N) is 3. The van der Waals surface area contributed by atoms with Crippen LogP contribution in [0.5, 0.6) is 11.5 Å². The molecule has 0 bridgehead atoms. The lowest BCUT2D eigenvalue weighted by Crippen LogP contribution is -2.21. The maximum Gasteiger partial charge on any atom is 0.416 e. The van der Waals surface area contributed by atoms with Crippen molar-refractivity contribution in [1.29, 1.82) is 0 Å². The number of hydrogen-bond acceptors (Lipinski definition) is 5. The molecule has 0 fully saturated rings. The van der Waals surface area contributed by atoms with Crippen molar-refractivity contribution in [3.05, 3.63) is 90.5 Å². The van der Waals surface area contributed by atoms with Crippen molar-refractivity contribution in [3.8, 4) is 17.2 Å². The number of anilines is 2. The van der Waals surface area contributed by atoms with E-state index in [9.17, 15) is 27.2 Å². The molecule has 39 heavy (non-hydrogen) atoms. The second-order valence-corrected chi connectivity index (χ2v) is 7.48. The first-order valence-corrected chi connectivity index (χ1v) is 11.6. The summed E-state index contributed by atoms with van der Waals surface area (Å²) in [6.45, 7) is 4.00. The Labute approximate surface area is 220 Å². The molecule has 3 N–H and O–H groups in total. The molecule has 13 heteroatoms. The third-order valence-electron chi connectivity index (χ3n) is 4.97. The molecule has 2 aromatic carbocycles. The van der Waals surface area contributed by atoms with Gasteiger partial charge in [-0.25, -0.2) is 14.2 Å². The highest BCUT2D eigenvalue weighted by Gasteiger charge is 2.31. The Kier molecular flexibility index (Phi) is 9.20. The fraction of sp³-hybridized carbons (Fsp3) is 0.154. The van der Waals surface area contributed by atoms with Crippen LogP contribution in [-0.2, 0) is 6.18 Å². The minimum Gasteiger partial charge on any atom is -0.457 e. The second-order valence-electron chi connectivity index (χ2n) is 7.48. The van der Waals surface area contributed by atoms with Gasteiger partial charge in [0.15, 0.2) is 0 Å². The molecule has 0 aliphatic carbocycles. The maximum atomic E-state index is 14.7. The average Bonchev–Trinajstić information content (AvgIpc) is 3.45. The van der Waals surface area contributed by atoms with Crippen LogP contribution in [0.15, 0.2) is 73.4 Å². The Bertz CT molecular complexity index is 1440. The molecule has 0 saturated carbocycles. The van der Waals surface area contributed by atoms with E-state index in [0.717, 1.165) is 18.2 Å². The van der Waals surface area contributed by atoms with Gasteiger partial charge in [-0.05, 0) is 36.4 Å². The normalized spacial score (nSPS) is 10.6. The molecule has 0 atom stereocenters. The number of halogens is 4. The standard InChI is InChI=1S/C24H18F4N6O3.C2H6/c1-29-22(35)20-12-16(6-7-31-20)37-15-3-4-18(17(25)11-15)32-23(36)33-19-10-14(24(26,27)28)2-5-21(19)34-9-8-30-13-34;1-2/h2-13H,1H3,(H,29,35)(H2,32,33,36);1-2H3. The zero-order chi connectivity index (χ0) is 28.6. The average molecular weight is 545 g/mol. The van der Waals surface area contributed by atoms with Gasteiger partial charge in [-0.3, -0.25) is 9.78 Å². The summed E-state index contributed by atoms with van der Waals surface area (Å²) >= 11 is 0. The molecule has 2 heterocycles. The third-order valence-corrected chi connectivity index (χ3v) is 4.97. The van der Waals surface area contributed by atoms with E-state index >= 15 is 0 Å². The lowest BCUT2D eigenvalue weighted by molar-refractivity contribution is -0.137. The summed E-state index contributed by atoms with van der Waals surface area (Å²) in [5.74, 6) is -1.01. The molecule has 0 unspecified atom stereocenters. The molecule has 204 valence electrons. The summed E-state index contributed by atoms with van der Waals surface area (Å²) in [5, 5.41) is 7.01. The fourth-order valence-electron chi connectivity index (χ4n) is 3.24. The number of aromatic nitrogens is 3. The smallest absolute Gasteiger partial charge is 0.416 e. The number of hydrogen-bond donors (Lipinski definition) is 3. The summed E-state index contributed by atoms with van der Waals surface area (Å²) in [7, 11) is 1.44. The minimum absolute atomic E-state index is 0.0674. The highest BCUT2D eigenvalue weighted by Crippen LogP contribution is 2.33. The van der Waals surface area contributed by atoms with Crippen molar-refractivity contribution in [2.24, 2.45) is 0 Å². The third kappa shape index (κ3) is 7.31. The number of carbonyl (C=O) groups excluding carboxylic acids is 2. The number of imidazole rings is 1. The number of amides is 3. The molecule has 0 aliphatic heterocycles. The Hall–Kier alpha value is -4.94. The van der Waals surface area contributed by atoms with E-state index in [-0.39, 0.29) is 34.3 Å². The van der Waals surface area contributed by atoms with Crippen LogP contribution in [0.1, 0.15) is 29.9 Å². The van der Waals surface area contributed by atoms with Gasteiger partial charge in [0.05, 0.1) is 29.0 Å². The highest BCUT2D eigenvalue weighted by atomic mass is 19.4. The highest BCUT2D eigenvalue weighted by molar-refractivity contribution is 6.01. The Morgan fingerprint density at radius 3 is 2.28 bits per heavy atom. The van der Waals surface area contributed by atoms with E-state index in [1.54, 1.807) is 0 Å². The van der Waals surface area contributed by atoms with Crippen molar-refractivity contribution in [2.45, 2.75) is 20.0 Å². The molecule has 0 radical (unpaired) electrons. The Morgan fingerprint density at radius 1 is 0.923 bits per heavy atom. The summed E-state index contributed by atoms with van der Waals surface area (Å²) in [6, 6.07) is 8.26. The van der Waals surface area contributed by atoms with Gasteiger partial charge in [-0.2, -0.15) is 13.2 Å². The predicted molar refractivity (Wildman–Crippen MR) is 137 cm³/mol. The maximum absolute atomic E-state index is 14.7. The molecule has 0 spiro atoms. The zero-order valence-electron chi connectivity index (χ0n) is 21.0. The van der Waals surface area contributed by atoms with Crippen LogP contribution in [0.25, 0.3) is 5.69 Å². The molecule has 4 aromatic rings. The lowest BCUT2D eigenvalue weighted by atomic mass is 10.1.